The standard InChI is InChI=1S/C14H20N2O4/c1-14(2,3)13(18)16-15-12(17)9-20-11-7-5-10(19-4)6-8-11/h5-8H,9H2,1-4H3,(H,15,17)(H,16,18). The number of ether oxygens (including phenoxy) is 2. The van der Waals surface area contributed by atoms with Gasteiger partial charge in [-0.05, 0) is 24.3 Å². The number of carbonyl (C=O) groups excluding carboxylic acids is 2. The molecular formula is C14H20N2O4. The maximum Gasteiger partial charge on any atom is 0.276 e. The van der Waals surface area contributed by atoms with Crippen LogP contribution in [0.1, 0.15) is 20.8 Å². The van der Waals surface area contributed by atoms with Crippen molar-refractivity contribution in [2.24, 2.45) is 5.41 Å². The molecule has 1 rings (SSSR count). The second-order valence-corrected chi connectivity index (χ2v) is 5.22. The van der Waals surface area contributed by atoms with Crippen LogP contribution >= 0.6 is 0 Å². The zero-order valence-electron chi connectivity index (χ0n) is 12.1. The van der Waals surface area contributed by atoms with Gasteiger partial charge in [0.05, 0.1) is 7.11 Å². The monoisotopic (exact) mass is 280 g/mol. The minimum atomic E-state index is -0.565. The van der Waals surface area contributed by atoms with E-state index in [1.165, 1.54) is 0 Å². The number of hydrogen-bond acceptors (Lipinski definition) is 4. The van der Waals surface area contributed by atoms with Crippen molar-refractivity contribution in [3.63, 3.8) is 0 Å². The molecule has 110 valence electrons. The molecule has 6 heteroatoms. The highest BCUT2D eigenvalue weighted by atomic mass is 16.5. The first kappa shape index (κ1) is 15.8. The molecule has 1 aromatic carbocycles. The van der Waals surface area contributed by atoms with Crippen LogP contribution in [0.2, 0.25) is 0 Å². The first-order chi connectivity index (χ1) is 9.32. The Hall–Kier alpha value is -2.24. The lowest BCUT2D eigenvalue weighted by Gasteiger charge is -2.17. The smallest absolute Gasteiger partial charge is 0.276 e. The van der Waals surface area contributed by atoms with Gasteiger partial charge in [-0.15, -0.1) is 0 Å². The quantitative estimate of drug-likeness (QED) is 0.814. The Balaban J connectivity index is 2.34. The average molecular weight is 280 g/mol. The summed E-state index contributed by atoms with van der Waals surface area (Å²) >= 11 is 0. The van der Waals surface area contributed by atoms with E-state index in [1.807, 2.05) is 0 Å². The van der Waals surface area contributed by atoms with Crippen LogP contribution in [0.4, 0.5) is 0 Å². The van der Waals surface area contributed by atoms with Gasteiger partial charge in [0.25, 0.3) is 5.91 Å². The van der Waals surface area contributed by atoms with Crippen LogP contribution in [-0.4, -0.2) is 25.5 Å². The summed E-state index contributed by atoms with van der Waals surface area (Å²) in [5.41, 5.74) is 4.07. The summed E-state index contributed by atoms with van der Waals surface area (Å²) in [6.45, 7) is 5.07. The van der Waals surface area contributed by atoms with Crippen molar-refractivity contribution >= 4 is 11.8 Å². The van der Waals surface area contributed by atoms with Crippen LogP contribution in [0, 0.1) is 5.41 Å². The van der Waals surface area contributed by atoms with E-state index in [9.17, 15) is 9.59 Å². The van der Waals surface area contributed by atoms with Gasteiger partial charge in [0.15, 0.2) is 6.61 Å². The number of benzene rings is 1. The summed E-state index contributed by atoms with van der Waals surface area (Å²) in [5, 5.41) is 0. The molecule has 0 radical (unpaired) electrons. The highest BCUT2D eigenvalue weighted by Gasteiger charge is 2.21. The minimum Gasteiger partial charge on any atom is -0.497 e. The van der Waals surface area contributed by atoms with E-state index in [0.717, 1.165) is 0 Å². The zero-order valence-corrected chi connectivity index (χ0v) is 12.1. The summed E-state index contributed by atoms with van der Waals surface area (Å²) in [4.78, 5) is 23.0. The average Bonchev–Trinajstić information content (AvgIpc) is 2.41. The molecule has 0 aliphatic rings. The van der Waals surface area contributed by atoms with Crippen LogP contribution in [-0.2, 0) is 9.59 Å². The molecule has 6 nitrogen and oxygen atoms in total. The third kappa shape index (κ3) is 5.17. The zero-order chi connectivity index (χ0) is 15.2. The number of rotatable bonds is 4. The van der Waals surface area contributed by atoms with Gasteiger partial charge in [-0.1, -0.05) is 20.8 Å². The SMILES string of the molecule is COc1ccc(OCC(=O)NNC(=O)C(C)(C)C)cc1. The second-order valence-electron chi connectivity index (χ2n) is 5.22. The van der Waals surface area contributed by atoms with Crippen molar-refractivity contribution in [1.29, 1.82) is 0 Å². The Morgan fingerprint density at radius 2 is 1.60 bits per heavy atom. The predicted octanol–water partition coefficient (Wildman–Crippen LogP) is 1.27. The molecule has 0 spiro atoms. The molecule has 0 aliphatic heterocycles. The summed E-state index contributed by atoms with van der Waals surface area (Å²) in [6, 6.07) is 6.85. The number of methoxy groups -OCH3 is 1. The van der Waals surface area contributed by atoms with E-state index in [4.69, 9.17) is 9.47 Å². The highest BCUT2D eigenvalue weighted by molar-refractivity contribution is 5.85. The lowest BCUT2D eigenvalue weighted by molar-refractivity contribution is -0.134. The Morgan fingerprint density at radius 3 is 2.10 bits per heavy atom. The summed E-state index contributed by atoms with van der Waals surface area (Å²) in [6.07, 6.45) is 0. The minimum absolute atomic E-state index is 0.184. The largest absolute Gasteiger partial charge is 0.497 e. The molecule has 0 saturated carbocycles. The number of carbonyl (C=O) groups is 2. The van der Waals surface area contributed by atoms with Crippen molar-refractivity contribution in [1.82, 2.24) is 10.9 Å². The van der Waals surface area contributed by atoms with Crippen molar-refractivity contribution in [3.05, 3.63) is 24.3 Å². The number of nitrogens with one attached hydrogen (secondary N) is 2. The van der Waals surface area contributed by atoms with Crippen LogP contribution in [0.25, 0.3) is 0 Å². The van der Waals surface area contributed by atoms with Gasteiger partial charge < -0.3 is 9.47 Å². The van der Waals surface area contributed by atoms with E-state index in [1.54, 1.807) is 52.1 Å². The first-order valence-electron chi connectivity index (χ1n) is 6.19. The van der Waals surface area contributed by atoms with Crippen molar-refractivity contribution in [2.45, 2.75) is 20.8 Å². The molecule has 1 aromatic rings. The molecule has 2 N–H and O–H groups in total. The number of hydrazine groups is 1. The summed E-state index contributed by atoms with van der Waals surface area (Å²) < 4.78 is 10.3. The number of hydrogen-bond donors (Lipinski definition) is 2. The predicted molar refractivity (Wildman–Crippen MR) is 74.2 cm³/mol. The molecule has 0 unspecified atom stereocenters. The van der Waals surface area contributed by atoms with Gasteiger partial charge >= 0.3 is 0 Å². The van der Waals surface area contributed by atoms with Crippen molar-refractivity contribution in [2.75, 3.05) is 13.7 Å². The van der Waals surface area contributed by atoms with Crippen molar-refractivity contribution in [3.8, 4) is 11.5 Å². The molecule has 0 fully saturated rings. The molecule has 0 saturated heterocycles. The molecular weight excluding hydrogens is 260 g/mol. The van der Waals surface area contributed by atoms with Gasteiger partial charge in [0, 0.05) is 5.41 Å². The molecule has 0 atom stereocenters. The molecule has 0 aromatic heterocycles. The lowest BCUT2D eigenvalue weighted by Crippen LogP contribution is -2.48. The second kappa shape index (κ2) is 6.79. The van der Waals surface area contributed by atoms with Crippen LogP contribution < -0.4 is 20.3 Å². The summed E-state index contributed by atoms with van der Waals surface area (Å²) in [7, 11) is 1.57. The van der Waals surface area contributed by atoms with Gasteiger partial charge in [-0.25, -0.2) is 0 Å². The van der Waals surface area contributed by atoms with E-state index >= 15 is 0 Å². The molecule has 0 heterocycles. The lowest BCUT2D eigenvalue weighted by atomic mass is 9.96. The van der Waals surface area contributed by atoms with Crippen LogP contribution in [0.15, 0.2) is 24.3 Å². The fraction of sp³-hybridized carbons (Fsp3) is 0.429. The van der Waals surface area contributed by atoms with E-state index in [-0.39, 0.29) is 12.5 Å². The van der Waals surface area contributed by atoms with E-state index in [2.05, 4.69) is 10.9 Å². The fourth-order valence-corrected chi connectivity index (χ4v) is 1.17. The van der Waals surface area contributed by atoms with Gasteiger partial charge in [-0.2, -0.15) is 0 Å². The summed E-state index contributed by atoms with van der Waals surface area (Å²) in [5.74, 6) is 0.552. The van der Waals surface area contributed by atoms with Gasteiger partial charge in [0.1, 0.15) is 11.5 Å². The van der Waals surface area contributed by atoms with Gasteiger partial charge in [0.2, 0.25) is 5.91 Å². The van der Waals surface area contributed by atoms with Crippen LogP contribution in [0.5, 0.6) is 11.5 Å². The fourth-order valence-electron chi connectivity index (χ4n) is 1.17. The van der Waals surface area contributed by atoms with E-state index < -0.39 is 11.3 Å². The highest BCUT2D eigenvalue weighted by Crippen LogP contribution is 2.16. The Kier molecular flexibility index (Phi) is 5.37. The van der Waals surface area contributed by atoms with E-state index in [0.29, 0.717) is 11.5 Å². The van der Waals surface area contributed by atoms with Crippen molar-refractivity contribution < 1.29 is 19.1 Å². The number of amides is 2. The third-order valence-corrected chi connectivity index (χ3v) is 2.43. The molecule has 2 amide bonds. The first-order valence-corrected chi connectivity index (χ1v) is 6.19. The van der Waals surface area contributed by atoms with Gasteiger partial charge in [-0.3, -0.25) is 20.4 Å². The normalized spacial score (nSPS) is 10.6. The molecule has 0 bridgehead atoms. The Labute approximate surface area is 118 Å². The topological polar surface area (TPSA) is 76.7 Å². The Morgan fingerprint density at radius 1 is 1.05 bits per heavy atom. The molecule has 20 heavy (non-hydrogen) atoms. The molecule has 0 aliphatic carbocycles. The Bertz CT molecular complexity index is 463. The third-order valence-electron chi connectivity index (χ3n) is 2.43. The van der Waals surface area contributed by atoms with Crippen LogP contribution in [0.3, 0.4) is 0 Å². The maximum absolute atomic E-state index is 11.5. The maximum atomic E-state index is 11.5.